The summed E-state index contributed by atoms with van der Waals surface area (Å²) in [7, 11) is -2.26. The zero-order valence-corrected chi connectivity index (χ0v) is 16.3. The third kappa shape index (κ3) is 4.50. The van der Waals surface area contributed by atoms with E-state index >= 15 is 0 Å². The number of nitrogens with zero attached hydrogens (tertiary/aromatic N) is 2. The Morgan fingerprint density at radius 2 is 1.85 bits per heavy atom. The molecule has 0 heterocycles. The summed E-state index contributed by atoms with van der Waals surface area (Å²) in [5.41, 5.74) is 0.934. The molecule has 0 aliphatic rings. The van der Waals surface area contributed by atoms with E-state index in [-0.39, 0.29) is 22.2 Å². The largest absolute Gasteiger partial charge is 0.321 e. The second-order valence-corrected chi connectivity index (χ2v) is 8.35. The maximum absolute atomic E-state index is 12.6. The molecule has 0 saturated carbocycles. The molecule has 0 saturated heterocycles. The number of nitro groups is 1. The summed E-state index contributed by atoms with van der Waals surface area (Å²) in [5.74, 6) is -0.553. The van der Waals surface area contributed by atoms with Crippen LogP contribution in [0.4, 0.5) is 11.4 Å². The quantitative estimate of drug-likeness (QED) is 0.601. The molecule has 0 aliphatic carbocycles. The van der Waals surface area contributed by atoms with Gasteiger partial charge in [-0.05, 0) is 44.5 Å². The lowest BCUT2D eigenvalue weighted by Gasteiger charge is -2.21. The molecule has 0 aromatic heterocycles. The molecule has 0 aliphatic heterocycles. The fourth-order valence-electron chi connectivity index (χ4n) is 2.29. The van der Waals surface area contributed by atoms with Gasteiger partial charge in [-0.25, -0.2) is 8.42 Å². The maximum Gasteiger partial charge on any atom is 0.271 e. The van der Waals surface area contributed by atoms with Gasteiger partial charge in [0.15, 0.2) is 0 Å². The number of carbonyl (C=O) groups is 1. The average molecular weight is 391 g/mol. The van der Waals surface area contributed by atoms with Crippen molar-refractivity contribution in [2.45, 2.75) is 31.7 Å². The van der Waals surface area contributed by atoms with Gasteiger partial charge in [0, 0.05) is 30.8 Å². The second kappa shape index (κ2) is 7.85. The first-order valence-corrected chi connectivity index (χ1v) is 9.62. The normalized spacial score (nSPS) is 11.6. The van der Waals surface area contributed by atoms with Crippen LogP contribution in [-0.2, 0) is 10.0 Å². The molecule has 27 heavy (non-hydrogen) atoms. The van der Waals surface area contributed by atoms with Crippen molar-refractivity contribution in [1.29, 1.82) is 0 Å². The van der Waals surface area contributed by atoms with E-state index < -0.39 is 20.9 Å². The van der Waals surface area contributed by atoms with E-state index in [9.17, 15) is 23.3 Å². The highest BCUT2D eigenvalue weighted by Crippen LogP contribution is 2.23. The van der Waals surface area contributed by atoms with Crippen molar-refractivity contribution in [2.24, 2.45) is 0 Å². The molecule has 2 rings (SSSR count). The number of nitro benzene ring substituents is 1. The van der Waals surface area contributed by atoms with Crippen LogP contribution in [0.1, 0.15) is 29.8 Å². The number of hydrogen-bond acceptors (Lipinski definition) is 5. The molecular weight excluding hydrogens is 370 g/mol. The molecule has 0 atom stereocenters. The van der Waals surface area contributed by atoms with Crippen molar-refractivity contribution in [3.8, 4) is 0 Å². The SMILES string of the molecule is Cc1ccc([N+](=O)[O-])cc1NC(=O)c1cccc(S(=O)(=O)N(C)C(C)C)c1. The van der Waals surface area contributed by atoms with Gasteiger partial charge >= 0.3 is 0 Å². The molecule has 0 bridgehead atoms. The van der Waals surface area contributed by atoms with Gasteiger partial charge < -0.3 is 5.32 Å². The third-order valence-electron chi connectivity index (χ3n) is 4.18. The highest BCUT2D eigenvalue weighted by molar-refractivity contribution is 7.89. The molecule has 2 aromatic rings. The van der Waals surface area contributed by atoms with Crippen molar-refractivity contribution in [3.05, 3.63) is 63.7 Å². The van der Waals surface area contributed by atoms with E-state index in [0.717, 1.165) is 0 Å². The Bertz CT molecular complexity index is 986. The first-order valence-electron chi connectivity index (χ1n) is 8.18. The minimum absolute atomic E-state index is 0.00196. The fourth-order valence-corrected chi connectivity index (χ4v) is 3.71. The number of amides is 1. The van der Waals surface area contributed by atoms with E-state index in [1.807, 2.05) is 0 Å². The molecular formula is C18H21N3O5S. The van der Waals surface area contributed by atoms with Crippen LogP contribution < -0.4 is 5.32 Å². The molecule has 1 amide bonds. The number of carbonyl (C=O) groups excluding carboxylic acids is 1. The molecule has 144 valence electrons. The van der Waals surface area contributed by atoms with E-state index in [0.29, 0.717) is 11.3 Å². The molecule has 1 N–H and O–H groups in total. The fraction of sp³-hybridized carbons (Fsp3) is 0.278. The monoisotopic (exact) mass is 391 g/mol. The molecule has 9 heteroatoms. The maximum atomic E-state index is 12.6. The molecule has 2 aromatic carbocycles. The van der Waals surface area contributed by atoms with Crippen molar-refractivity contribution < 1.29 is 18.1 Å². The number of rotatable bonds is 6. The van der Waals surface area contributed by atoms with Crippen LogP contribution in [0.5, 0.6) is 0 Å². The summed E-state index contributed by atoms with van der Waals surface area (Å²) in [4.78, 5) is 22.9. The number of anilines is 1. The summed E-state index contributed by atoms with van der Waals surface area (Å²) in [5, 5.41) is 13.5. The molecule has 0 spiro atoms. The number of non-ortho nitro benzene ring substituents is 1. The zero-order chi connectivity index (χ0) is 20.4. The number of nitrogens with one attached hydrogen (secondary N) is 1. The van der Waals surface area contributed by atoms with Crippen molar-refractivity contribution in [1.82, 2.24) is 4.31 Å². The van der Waals surface area contributed by atoms with Crippen LogP contribution in [0.25, 0.3) is 0 Å². The smallest absolute Gasteiger partial charge is 0.271 e. The van der Waals surface area contributed by atoms with Gasteiger partial charge in [-0.2, -0.15) is 4.31 Å². The lowest BCUT2D eigenvalue weighted by molar-refractivity contribution is -0.384. The van der Waals surface area contributed by atoms with Crippen LogP contribution in [0.15, 0.2) is 47.4 Å². The topological polar surface area (TPSA) is 110 Å². The minimum Gasteiger partial charge on any atom is -0.321 e. The molecule has 0 unspecified atom stereocenters. The van der Waals surface area contributed by atoms with Crippen LogP contribution in [0.3, 0.4) is 0 Å². The highest BCUT2D eigenvalue weighted by atomic mass is 32.2. The Hall–Kier alpha value is -2.78. The number of aryl methyl sites for hydroxylation is 1. The molecule has 8 nitrogen and oxygen atoms in total. The van der Waals surface area contributed by atoms with Gasteiger partial charge in [-0.3, -0.25) is 14.9 Å². The Kier molecular flexibility index (Phi) is 5.97. The van der Waals surface area contributed by atoms with Crippen molar-refractivity contribution in [3.63, 3.8) is 0 Å². The Morgan fingerprint density at radius 1 is 1.19 bits per heavy atom. The predicted molar refractivity (Wildman–Crippen MR) is 102 cm³/mol. The van der Waals surface area contributed by atoms with Crippen LogP contribution in [-0.4, -0.2) is 36.6 Å². The van der Waals surface area contributed by atoms with E-state index in [4.69, 9.17) is 0 Å². The van der Waals surface area contributed by atoms with E-state index in [1.165, 1.54) is 53.8 Å². The van der Waals surface area contributed by atoms with Crippen molar-refractivity contribution >= 4 is 27.3 Å². The summed E-state index contributed by atoms with van der Waals surface area (Å²) >= 11 is 0. The first-order chi connectivity index (χ1) is 12.5. The Labute approximate surface area is 158 Å². The molecule has 0 radical (unpaired) electrons. The summed E-state index contributed by atoms with van der Waals surface area (Å²) < 4.78 is 26.4. The standard InChI is InChI=1S/C18H21N3O5S/c1-12(2)20(4)27(25,26)16-7-5-6-14(10-16)18(22)19-17-11-15(21(23)24)9-8-13(17)3/h5-12H,1-4H3,(H,19,22). The highest BCUT2D eigenvalue weighted by Gasteiger charge is 2.24. The Balaban J connectivity index is 2.34. The average Bonchev–Trinajstić information content (AvgIpc) is 2.62. The van der Waals surface area contributed by atoms with E-state index in [2.05, 4.69) is 5.32 Å². The van der Waals surface area contributed by atoms with Gasteiger partial charge in [-0.15, -0.1) is 0 Å². The summed E-state index contributed by atoms with van der Waals surface area (Å²) in [6, 6.07) is 9.58. The zero-order valence-electron chi connectivity index (χ0n) is 15.5. The lowest BCUT2D eigenvalue weighted by Crippen LogP contribution is -2.33. The van der Waals surface area contributed by atoms with Gasteiger partial charge in [0.25, 0.3) is 11.6 Å². The van der Waals surface area contributed by atoms with Gasteiger partial charge in [-0.1, -0.05) is 12.1 Å². The predicted octanol–water partition coefficient (Wildman–Crippen LogP) is 3.18. The first kappa shape index (κ1) is 20.5. The van der Waals surface area contributed by atoms with E-state index in [1.54, 1.807) is 20.8 Å². The van der Waals surface area contributed by atoms with Crippen molar-refractivity contribution in [2.75, 3.05) is 12.4 Å². The number of sulfonamides is 1. The Morgan fingerprint density at radius 3 is 2.44 bits per heavy atom. The van der Waals surface area contributed by atoms with Crippen LogP contribution in [0, 0.1) is 17.0 Å². The summed E-state index contributed by atoms with van der Waals surface area (Å²) in [6.07, 6.45) is 0. The minimum atomic E-state index is -3.73. The lowest BCUT2D eigenvalue weighted by atomic mass is 10.1. The van der Waals surface area contributed by atoms with Crippen LogP contribution in [0.2, 0.25) is 0 Å². The van der Waals surface area contributed by atoms with Gasteiger partial charge in [0.2, 0.25) is 10.0 Å². The van der Waals surface area contributed by atoms with Gasteiger partial charge in [0.1, 0.15) is 0 Å². The second-order valence-electron chi connectivity index (χ2n) is 6.35. The summed E-state index contributed by atoms with van der Waals surface area (Å²) in [6.45, 7) is 5.20. The van der Waals surface area contributed by atoms with Gasteiger partial charge in [0.05, 0.1) is 15.5 Å². The van der Waals surface area contributed by atoms with Crippen LogP contribution >= 0.6 is 0 Å². The third-order valence-corrected chi connectivity index (χ3v) is 6.21. The number of hydrogen-bond donors (Lipinski definition) is 1. The number of benzene rings is 2. The molecule has 0 fully saturated rings.